The smallest absolute Gasteiger partial charge is 0.247 e. The summed E-state index contributed by atoms with van der Waals surface area (Å²) in [6.45, 7) is 9.16. The standard InChI is InChI=1S/C26H40N2O5S/c1-5-6-7-8-22-9-10-26-24(15-22)33-25(18-27(4)17-23-11-13-32-14-12-23)20(2)16-28(21(3)19-29)34(26,30)31/h9-10,15,20-21,23,25,29H,5-6,11-14,16-19H2,1-4H3/t20-,21+,25-/m1/s1. The Bertz CT molecular complexity index is 965. The second kappa shape index (κ2) is 12.4. The minimum atomic E-state index is -3.83. The molecule has 7 nitrogen and oxygen atoms in total. The third kappa shape index (κ3) is 6.73. The van der Waals surface area contributed by atoms with Crippen LogP contribution in [0.4, 0.5) is 0 Å². The molecule has 0 unspecified atom stereocenters. The minimum absolute atomic E-state index is 0.0658. The molecule has 1 aromatic carbocycles. The second-order valence-electron chi connectivity index (χ2n) is 9.73. The first-order valence-electron chi connectivity index (χ1n) is 12.4. The van der Waals surface area contributed by atoms with Crippen molar-refractivity contribution in [2.45, 2.75) is 63.5 Å². The van der Waals surface area contributed by atoms with Crippen molar-refractivity contribution in [1.29, 1.82) is 0 Å². The van der Waals surface area contributed by atoms with Gasteiger partial charge in [-0.2, -0.15) is 4.31 Å². The summed E-state index contributed by atoms with van der Waals surface area (Å²) < 4.78 is 40.5. The average molecular weight is 493 g/mol. The van der Waals surface area contributed by atoms with Crippen molar-refractivity contribution in [2.24, 2.45) is 11.8 Å². The maximum Gasteiger partial charge on any atom is 0.247 e. The Morgan fingerprint density at radius 1 is 1.26 bits per heavy atom. The van der Waals surface area contributed by atoms with E-state index in [-0.39, 0.29) is 30.1 Å². The van der Waals surface area contributed by atoms with Crippen molar-refractivity contribution in [2.75, 3.05) is 46.5 Å². The highest BCUT2D eigenvalue weighted by molar-refractivity contribution is 7.89. The lowest BCUT2D eigenvalue weighted by atomic mass is 9.98. The first-order valence-corrected chi connectivity index (χ1v) is 13.9. The van der Waals surface area contributed by atoms with E-state index in [1.165, 1.54) is 4.31 Å². The number of hydrogen-bond acceptors (Lipinski definition) is 6. The molecule has 3 atom stereocenters. The van der Waals surface area contributed by atoms with Gasteiger partial charge in [0.05, 0.1) is 6.61 Å². The van der Waals surface area contributed by atoms with Gasteiger partial charge in [-0.3, -0.25) is 0 Å². The van der Waals surface area contributed by atoms with Gasteiger partial charge in [0, 0.05) is 56.8 Å². The van der Waals surface area contributed by atoms with E-state index in [4.69, 9.17) is 9.47 Å². The molecule has 2 heterocycles. The number of hydrogen-bond donors (Lipinski definition) is 1. The molecule has 3 rings (SSSR count). The molecule has 2 aliphatic rings. The molecular weight excluding hydrogens is 452 g/mol. The maximum atomic E-state index is 13.6. The number of aliphatic hydroxyl groups is 1. The lowest BCUT2D eigenvalue weighted by Gasteiger charge is -2.38. The molecule has 1 aromatic rings. The molecule has 0 radical (unpaired) electrons. The number of benzene rings is 1. The third-order valence-corrected chi connectivity index (χ3v) is 8.70. The highest BCUT2D eigenvalue weighted by Gasteiger charge is 2.38. The Morgan fingerprint density at radius 2 is 2.00 bits per heavy atom. The van der Waals surface area contributed by atoms with Gasteiger partial charge in [-0.05, 0) is 57.4 Å². The number of aliphatic hydroxyl groups excluding tert-OH is 1. The number of unbranched alkanes of at least 4 members (excludes halogenated alkanes) is 1. The van der Waals surface area contributed by atoms with Crippen LogP contribution in [-0.2, 0) is 14.8 Å². The zero-order valence-electron chi connectivity index (χ0n) is 21.0. The van der Waals surface area contributed by atoms with Crippen molar-refractivity contribution in [3.63, 3.8) is 0 Å². The molecule has 0 aromatic heterocycles. The molecular formula is C26H40N2O5S. The summed E-state index contributed by atoms with van der Waals surface area (Å²) in [5, 5.41) is 9.80. The molecule has 0 aliphatic carbocycles. The Kier molecular flexibility index (Phi) is 9.81. The van der Waals surface area contributed by atoms with Crippen LogP contribution in [0.3, 0.4) is 0 Å². The summed E-state index contributed by atoms with van der Waals surface area (Å²) in [6.07, 6.45) is 3.68. The van der Waals surface area contributed by atoms with Gasteiger partial charge in [0.1, 0.15) is 16.7 Å². The quantitative estimate of drug-likeness (QED) is 0.590. The van der Waals surface area contributed by atoms with Crippen LogP contribution < -0.4 is 4.74 Å². The maximum absolute atomic E-state index is 13.6. The van der Waals surface area contributed by atoms with Crippen LogP contribution in [0.15, 0.2) is 23.1 Å². The van der Waals surface area contributed by atoms with Gasteiger partial charge in [0.25, 0.3) is 0 Å². The van der Waals surface area contributed by atoms with Crippen LogP contribution in [0.2, 0.25) is 0 Å². The predicted octanol–water partition coefficient (Wildman–Crippen LogP) is 2.97. The van der Waals surface area contributed by atoms with E-state index in [1.807, 2.05) is 6.92 Å². The van der Waals surface area contributed by atoms with Gasteiger partial charge < -0.3 is 19.5 Å². The van der Waals surface area contributed by atoms with Crippen LogP contribution in [0.25, 0.3) is 0 Å². The number of likely N-dealkylation sites (N-methyl/N-ethyl adjacent to an activating group) is 1. The first-order chi connectivity index (χ1) is 16.3. The van der Waals surface area contributed by atoms with Crippen molar-refractivity contribution in [3.05, 3.63) is 23.8 Å². The summed E-state index contributed by atoms with van der Waals surface area (Å²) in [6, 6.07) is 4.56. The molecule has 1 N–H and O–H groups in total. The predicted molar refractivity (Wildman–Crippen MR) is 133 cm³/mol. The van der Waals surface area contributed by atoms with Crippen molar-refractivity contribution in [1.82, 2.24) is 9.21 Å². The van der Waals surface area contributed by atoms with Crippen LogP contribution in [-0.4, -0.2) is 81.4 Å². The summed E-state index contributed by atoms with van der Waals surface area (Å²) in [5.74, 6) is 7.12. The van der Waals surface area contributed by atoms with E-state index in [0.29, 0.717) is 18.2 Å². The van der Waals surface area contributed by atoms with Gasteiger partial charge in [-0.15, -0.1) is 0 Å². The average Bonchev–Trinajstić information content (AvgIpc) is 2.81. The molecule has 1 saturated heterocycles. The Morgan fingerprint density at radius 3 is 2.68 bits per heavy atom. The Balaban J connectivity index is 1.92. The Hall–Kier alpha value is -1.63. The fourth-order valence-electron chi connectivity index (χ4n) is 4.56. The zero-order chi connectivity index (χ0) is 24.7. The molecule has 190 valence electrons. The molecule has 0 bridgehead atoms. The first kappa shape index (κ1) is 27.0. The van der Waals surface area contributed by atoms with E-state index >= 15 is 0 Å². The molecule has 2 aliphatic heterocycles. The molecule has 0 amide bonds. The number of sulfonamides is 1. The molecule has 34 heavy (non-hydrogen) atoms. The summed E-state index contributed by atoms with van der Waals surface area (Å²) in [5.41, 5.74) is 0.742. The molecule has 1 fully saturated rings. The van der Waals surface area contributed by atoms with E-state index in [9.17, 15) is 13.5 Å². The second-order valence-corrected chi connectivity index (χ2v) is 11.6. The van der Waals surface area contributed by atoms with E-state index < -0.39 is 16.1 Å². The number of nitrogens with zero attached hydrogens (tertiary/aromatic N) is 2. The van der Waals surface area contributed by atoms with E-state index in [2.05, 4.69) is 30.7 Å². The van der Waals surface area contributed by atoms with Crippen molar-refractivity contribution >= 4 is 10.0 Å². The summed E-state index contributed by atoms with van der Waals surface area (Å²) in [4.78, 5) is 2.43. The van der Waals surface area contributed by atoms with Gasteiger partial charge in [0.2, 0.25) is 10.0 Å². The van der Waals surface area contributed by atoms with Crippen molar-refractivity contribution in [3.8, 4) is 17.6 Å². The normalized spacial score (nSPS) is 24.3. The van der Waals surface area contributed by atoms with E-state index in [1.54, 1.807) is 25.1 Å². The fraction of sp³-hybridized carbons (Fsp3) is 0.692. The van der Waals surface area contributed by atoms with Crippen LogP contribution in [0.5, 0.6) is 5.75 Å². The molecule has 8 heteroatoms. The minimum Gasteiger partial charge on any atom is -0.487 e. The van der Waals surface area contributed by atoms with Crippen LogP contribution in [0, 0.1) is 23.7 Å². The fourth-order valence-corrected chi connectivity index (χ4v) is 6.39. The van der Waals surface area contributed by atoms with Gasteiger partial charge in [-0.1, -0.05) is 25.7 Å². The SMILES string of the molecule is CCCC#Cc1ccc2c(c1)O[C@H](CN(C)CC1CCOCC1)[C@H](C)CN([C@@H](C)CO)S2(=O)=O. The summed E-state index contributed by atoms with van der Waals surface area (Å²) >= 11 is 0. The Labute approximate surface area is 205 Å². The highest BCUT2D eigenvalue weighted by atomic mass is 32.2. The van der Waals surface area contributed by atoms with Gasteiger partial charge >= 0.3 is 0 Å². The number of ether oxygens (including phenoxy) is 2. The lowest BCUT2D eigenvalue weighted by Crippen LogP contribution is -2.50. The van der Waals surface area contributed by atoms with Gasteiger partial charge in [-0.25, -0.2) is 8.42 Å². The van der Waals surface area contributed by atoms with Gasteiger partial charge in [0.15, 0.2) is 0 Å². The number of rotatable bonds is 7. The molecule has 0 saturated carbocycles. The monoisotopic (exact) mass is 492 g/mol. The summed E-state index contributed by atoms with van der Waals surface area (Å²) in [7, 11) is -1.73. The van der Waals surface area contributed by atoms with Crippen molar-refractivity contribution < 1.29 is 23.0 Å². The lowest BCUT2D eigenvalue weighted by molar-refractivity contribution is 0.0402. The molecule has 0 spiro atoms. The zero-order valence-corrected chi connectivity index (χ0v) is 21.8. The van der Waals surface area contributed by atoms with E-state index in [0.717, 1.165) is 51.0 Å². The topological polar surface area (TPSA) is 79.3 Å². The third-order valence-electron chi connectivity index (χ3n) is 6.68. The largest absolute Gasteiger partial charge is 0.487 e. The van der Waals surface area contributed by atoms with Crippen LogP contribution in [0.1, 0.15) is 52.0 Å². The number of fused-ring (bicyclic) bond motifs is 1. The van der Waals surface area contributed by atoms with Crippen LogP contribution >= 0.6 is 0 Å². The highest BCUT2D eigenvalue weighted by Crippen LogP contribution is 2.34.